The van der Waals surface area contributed by atoms with Crippen molar-refractivity contribution in [2.24, 2.45) is 0 Å². The van der Waals surface area contributed by atoms with Crippen LogP contribution >= 0.6 is 0 Å². The van der Waals surface area contributed by atoms with E-state index in [9.17, 15) is 9.90 Å². The van der Waals surface area contributed by atoms with Gasteiger partial charge in [0.1, 0.15) is 11.4 Å². The summed E-state index contributed by atoms with van der Waals surface area (Å²) >= 11 is 0. The van der Waals surface area contributed by atoms with Crippen molar-refractivity contribution in [2.75, 3.05) is 31.5 Å². The Kier molecular flexibility index (Phi) is 6.36. The number of carbonyl (C=O) groups excluding carboxylic acids is 1. The first-order valence-corrected chi connectivity index (χ1v) is 10.8. The highest BCUT2D eigenvalue weighted by Gasteiger charge is 2.22. The number of anilines is 1. The Balaban J connectivity index is 1.55. The summed E-state index contributed by atoms with van der Waals surface area (Å²) in [5.74, 6) is 1.01. The molecule has 3 aromatic rings. The Labute approximate surface area is 182 Å². The molecule has 0 unspecified atom stereocenters. The minimum Gasteiger partial charge on any atom is -0.506 e. The lowest BCUT2D eigenvalue weighted by molar-refractivity contribution is -0.109. The molecule has 8 heteroatoms. The first-order valence-electron chi connectivity index (χ1n) is 10.8. The number of para-hydroxylation sites is 1. The molecule has 0 atom stereocenters. The molecule has 1 aliphatic heterocycles. The quantitative estimate of drug-likeness (QED) is 0.381. The Hall–Kier alpha value is -3.13. The number of imidazole rings is 1. The standard InChI is InChI=1S/C23H30N6O2/c1-16-4-3-5-20-22(16)27-23(29(20)14-19-21(31)7-6-17(2)25-19)26-18-8-11-28(12-9-18)13-10-24-15-30/h3-7,15,18,31H,8-14H2,1-2H3,(H,24,30)(H,26,27). The van der Waals surface area contributed by atoms with Gasteiger partial charge in [0.25, 0.3) is 0 Å². The average Bonchev–Trinajstić information content (AvgIpc) is 3.11. The number of likely N-dealkylation sites (tertiary alicyclic amines) is 1. The van der Waals surface area contributed by atoms with Gasteiger partial charge in [0.05, 0.1) is 17.6 Å². The lowest BCUT2D eigenvalue weighted by atomic mass is 10.1. The van der Waals surface area contributed by atoms with Gasteiger partial charge in [0, 0.05) is 37.9 Å². The number of aryl methyl sites for hydroxylation is 2. The predicted molar refractivity (Wildman–Crippen MR) is 121 cm³/mol. The maximum Gasteiger partial charge on any atom is 0.207 e. The largest absolute Gasteiger partial charge is 0.506 e. The molecule has 2 aromatic heterocycles. The van der Waals surface area contributed by atoms with Crippen molar-refractivity contribution < 1.29 is 9.90 Å². The van der Waals surface area contributed by atoms with Crippen molar-refractivity contribution >= 4 is 23.4 Å². The zero-order chi connectivity index (χ0) is 21.8. The number of aromatic hydroxyl groups is 1. The fraction of sp³-hybridized carbons (Fsp3) is 0.435. The number of nitrogens with one attached hydrogen (secondary N) is 2. The van der Waals surface area contributed by atoms with Gasteiger partial charge in [-0.2, -0.15) is 0 Å². The van der Waals surface area contributed by atoms with E-state index >= 15 is 0 Å². The average molecular weight is 423 g/mol. The second-order valence-electron chi connectivity index (χ2n) is 8.21. The van der Waals surface area contributed by atoms with E-state index in [1.54, 1.807) is 6.07 Å². The molecule has 0 radical (unpaired) electrons. The number of carbonyl (C=O) groups is 1. The molecule has 3 heterocycles. The summed E-state index contributed by atoms with van der Waals surface area (Å²) in [4.78, 5) is 22.3. The van der Waals surface area contributed by atoms with Gasteiger partial charge >= 0.3 is 0 Å². The van der Waals surface area contributed by atoms with Crippen molar-refractivity contribution in [3.63, 3.8) is 0 Å². The molecule has 1 fully saturated rings. The molecule has 0 spiro atoms. The van der Waals surface area contributed by atoms with Gasteiger partial charge < -0.3 is 25.2 Å². The fourth-order valence-corrected chi connectivity index (χ4v) is 4.19. The van der Waals surface area contributed by atoms with Gasteiger partial charge in [-0.25, -0.2) is 4.98 Å². The van der Waals surface area contributed by atoms with Crippen LogP contribution in [0.3, 0.4) is 0 Å². The van der Waals surface area contributed by atoms with E-state index in [0.717, 1.165) is 67.1 Å². The lowest BCUT2D eigenvalue weighted by Gasteiger charge is -2.32. The van der Waals surface area contributed by atoms with Crippen LogP contribution in [0.15, 0.2) is 30.3 Å². The molecule has 0 saturated carbocycles. The van der Waals surface area contributed by atoms with Gasteiger partial charge in [-0.05, 0) is 50.5 Å². The van der Waals surface area contributed by atoms with Gasteiger partial charge in [-0.1, -0.05) is 12.1 Å². The van der Waals surface area contributed by atoms with E-state index in [0.29, 0.717) is 24.8 Å². The van der Waals surface area contributed by atoms with Crippen LogP contribution in [0.4, 0.5) is 5.95 Å². The highest BCUT2D eigenvalue weighted by Crippen LogP contribution is 2.27. The second-order valence-corrected chi connectivity index (χ2v) is 8.21. The Morgan fingerprint density at radius 1 is 1.16 bits per heavy atom. The van der Waals surface area contributed by atoms with Crippen molar-refractivity contribution in [1.29, 1.82) is 0 Å². The Bertz CT molecular complexity index is 1060. The van der Waals surface area contributed by atoms with E-state index in [2.05, 4.69) is 44.1 Å². The predicted octanol–water partition coefficient (Wildman–Crippen LogP) is 2.42. The summed E-state index contributed by atoms with van der Waals surface area (Å²) in [6.07, 6.45) is 2.77. The van der Waals surface area contributed by atoms with Gasteiger partial charge in [0.2, 0.25) is 12.4 Å². The first-order chi connectivity index (χ1) is 15.0. The molecule has 31 heavy (non-hydrogen) atoms. The van der Waals surface area contributed by atoms with Gasteiger partial charge in [0.15, 0.2) is 0 Å². The summed E-state index contributed by atoms with van der Waals surface area (Å²) in [6, 6.07) is 10.0. The highest BCUT2D eigenvalue weighted by molar-refractivity contribution is 5.82. The molecule has 3 N–H and O–H groups in total. The molecule has 0 aliphatic carbocycles. The van der Waals surface area contributed by atoms with Gasteiger partial charge in [-0.15, -0.1) is 0 Å². The molecule has 1 saturated heterocycles. The van der Waals surface area contributed by atoms with Crippen LogP contribution in [0.25, 0.3) is 11.0 Å². The maximum absolute atomic E-state index is 10.4. The number of benzene rings is 1. The molecule has 4 rings (SSSR count). The van der Waals surface area contributed by atoms with Crippen LogP contribution in [0.1, 0.15) is 29.8 Å². The topological polar surface area (TPSA) is 95.3 Å². The molecule has 1 aliphatic rings. The Morgan fingerprint density at radius 3 is 2.74 bits per heavy atom. The van der Waals surface area contributed by atoms with Crippen molar-refractivity contribution in [3.8, 4) is 5.75 Å². The van der Waals surface area contributed by atoms with E-state index in [4.69, 9.17) is 4.98 Å². The molecule has 8 nitrogen and oxygen atoms in total. The molecule has 1 aromatic carbocycles. The number of aromatic nitrogens is 3. The van der Waals surface area contributed by atoms with Crippen LogP contribution in [0.5, 0.6) is 5.75 Å². The van der Waals surface area contributed by atoms with Crippen LogP contribution in [-0.4, -0.2) is 63.2 Å². The van der Waals surface area contributed by atoms with E-state index in [1.807, 2.05) is 19.1 Å². The van der Waals surface area contributed by atoms with E-state index < -0.39 is 0 Å². The van der Waals surface area contributed by atoms with Gasteiger partial charge in [-0.3, -0.25) is 9.78 Å². The number of hydrogen-bond donors (Lipinski definition) is 3. The minimum atomic E-state index is 0.197. The van der Waals surface area contributed by atoms with E-state index in [1.165, 1.54) is 0 Å². The summed E-state index contributed by atoms with van der Waals surface area (Å²) in [7, 11) is 0. The van der Waals surface area contributed by atoms with Crippen molar-refractivity contribution in [2.45, 2.75) is 39.3 Å². The summed E-state index contributed by atoms with van der Waals surface area (Å²) < 4.78 is 2.12. The Morgan fingerprint density at radius 2 is 1.97 bits per heavy atom. The molecule has 1 amide bonds. The smallest absolute Gasteiger partial charge is 0.207 e. The monoisotopic (exact) mass is 422 g/mol. The molecular formula is C23H30N6O2. The SMILES string of the molecule is Cc1ccc(O)c(Cn2c(NC3CCN(CCNC=O)CC3)nc3c(C)cccc32)n1. The van der Waals surface area contributed by atoms with Crippen LogP contribution in [0, 0.1) is 13.8 Å². The zero-order valence-electron chi connectivity index (χ0n) is 18.1. The third-order valence-corrected chi connectivity index (χ3v) is 5.95. The summed E-state index contributed by atoms with van der Waals surface area (Å²) in [6.45, 7) is 7.97. The number of rotatable bonds is 8. The number of piperidine rings is 1. The highest BCUT2D eigenvalue weighted by atomic mass is 16.3. The van der Waals surface area contributed by atoms with Crippen molar-refractivity contribution in [1.82, 2.24) is 24.8 Å². The number of fused-ring (bicyclic) bond motifs is 1. The normalized spacial score (nSPS) is 15.3. The number of nitrogens with zero attached hydrogens (tertiary/aromatic N) is 4. The van der Waals surface area contributed by atoms with Crippen LogP contribution in [-0.2, 0) is 11.3 Å². The van der Waals surface area contributed by atoms with E-state index in [-0.39, 0.29) is 5.75 Å². The second kappa shape index (κ2) is 9.34. The number of amides is 1. The molecular weight excluding hydrogens is 392 g/mol. The summed E-state index contributed by atoms with van der Waals surface area (Å²) in [5, 5.41) is 16.7. The number of pyridine rings is 1. The lowest BCUT2D eigenvalue weighted by Crippen LogP contribution is -2.42. The number of hydrogen-bond acceptors (Lipinski definition) is 6. The summed E-state index contributed by atoms with van der Waals surface area (Å²) in [5.41, 5.74) is 4.64. The maximum atomic E-state index is 10.4. The molecule has 0 bridgehead atoms. The third-order valence-electron chi connectivity index (χ3n) is 5.95. The van der Waals surface area contributed by atoms with Crippen LogP contribution < -0.4 is 10.6 Å². The van der Waals surface area contributed by atoms with Crippen LogP contribution in [0.2, 0.25) is 0 Å². The fourth-order valence-electron chi connectivity index (χ4n) is 4.19. The zero-order valence-corrected chi connectivity index (χ0v) is 18.1. The molecule has 164 valence electrons. The minimum absolute atomic E-state index is 0.197. The first kappa shape index (κ1) is 21.1. The third kappa shape index (κ3) is 4.80. The van der Waals surface area contributed by atoms with Crippen molar-refractivity contribution in [3.05, 3.63) is 47.3 Å².